The third-order valence-electron chi connectivity index (χ3n) is 2.93. The number of methoxy groups -OCH3 is 1. The standard InChI is InChI=1S/C15H10ClNO3/c1-19-15(18)10-6-3-2-5-9(10)14-17-12-8-4-7-11(16)13(12)20-14/h2-8H,1H3. The van der Waals surface area contributed by atoms with E-state index >= 15 is 0 Å². The van der Waals surface area contributed by atoms with Crippen molar-refractivity contribution in [1.29, 1.82) is 0 Å². The van der Waals surface area contributed by atoms with E-state index in [0.717, 1.165) is 0 Å². The van der Waals surface area contributed by atoms with Crippen LogP contribution >= 0.6 is 11.6 Å². The Labute approximate surface area is 119 Å². The zero-order valence-corrected chi connectivity index (χ0v) is 11.3. The highest BCUT2D eigenvalue weighted by Gasteiger charge is 2.17. The van der Waals surface area contributed by atoms with Crippen LogP contribution in [0.25, 0.3) is 22.6 Å². The molecular formula is C15H10ClNO3. The summed E-state index contributed by atoms with van der Waals surface area (Å²) in [6.07, 6.45) is 0. The predicted octanol–water partition coefficient (Wildman–Crippen LogP) is 3.93. The highest BCUT2D eigenvalue weighted by molar-refractivity contribution is 6.34. The van der Waals surface area contributed by atoms with Gasteiger partial charge in [0.15, 0.2) is 5.58 Å². The molecule has 100 valence electrons. The first-order chi connectivity index (χ1) is 9.70. The summed E-state index contributed by atoms with van der Waals surface area (Å²) in [7, 11) is 1.34. The van der Waals surface area contributed by atoms with E-state index in [1.165, 1.54) is 7.11 Å². The number of carbonyl (C=O) groups is 1. The Hall–Kier alpha value is -2.33. The minimum Gasteiger partial charge on any atom is -0.465 e. The maximum absolute atomic E-state index is 11.8. The Morgan fingerprint density at radius 3 is 2.75 bits per heavy atom. The number of halogens is 1. The van der Waals surface area contributed by atoms with Gasteiger partial charge in [0.2, 0.25) is 5.89 Å². The van der Waals surface area contributed by atoms with Crippen LogP contribution in [-0.2, 0) is 4.74 Å². The predicted molar refractivity (Wildman–Crippen MR) is 75.8 cm³/mol. The molecule has 1 aromatic heterocycles. The molecule has 0 spiro atoms. The number of carbonyl (C=O) groups excluding carboxylic acids is 1. The third-order valence-corrected chi connectivity index (χ3v) is 3.23. The van der Waals surface area contributed by atoms with Gasteiger partial charge in [0.1, 0.15) is 5.52 Å². The topological polar surface area (TPSA) is 52.3 Å². The molecule has 0 aliphatic heterocycles. The second kappa shape index (κ2) is 4.98. The van der Waals surface area contributed by atoms with E-state index in [9.17, 15) is 4.79 Å². The van der Waals surface area contributed by atoms with Gasteiger partial charge in [-0.2, -0.15) is 0 Å². The summed E-state index contributed by atoms with van der Waals surface area (Å²) in [5.74, 6) is -0.0944. The van der Waals surface area contributed by atoms with E-state index in [1.54, 1.807) is 42.5 Å². The van der Waals surface area contributed by atoms with Crippen LogP contribution in [0.1, 0.15) is 10.4 Å². The Morgan fingerprint density at radius 2 is 2.00 bits per heavy atom. The fourth-order valence-corrected chi connectivity index (χ4v) is 2.20. The molecule has 0 aliphatic carbocycles. The minimum atomic E-state index is -0.436. The lowest BCUT2D eigenvalue weighted by molar-refractivity contribution is 0.0601. The number of benzene rings is 2. The van der Waals surface area contributed by atoms with Crippen molar-refractivity contribution < 1.29 is 13.9 Å². The number of ether oxygens (including phenoxy) is 1. The molecule has 0 amide bonds. The summed E-state index contributed by atoms with van der Waals surface area (Å²) < 4.78 is 10.4. The Kier molecular flexibility index (Phi) is 3.16. The molecule has 0 bridgehead atoms. The summed E-state index contributed by atoms with van der Waals surface area (Å²) >= 11 is 6.06. The van der Waals surface area contributed by atoms with Gasteiger partial charge in [-0.3, -0.25) is 0 Å². The fraction of sp³-hybridized carbons (Fsp3) is 0.0667. The molecule has 0 atom stereocenters. The van der Waals surface area contributed by atoms with Crippen molar-refractivity contribution in [2.75, 3.05) is 7.11 Å². The van der Waals surface area contributed by atoms with Crippen molar-refractivity contribution in [3.63, 3.8) is 0 Å². The average molecular weight is 288 g/mol. The van der Waals surface area contributed by atoms with Crippen LogP contribution in [0.2, 0.25) is 5.02 Å². The third kappa shape index (κ3) is 2.04. The normalized spacial score (nSPS) is 10.7. The second-order valence-corrected chi connectivity index (χ2v) is 4.55. The van der Waals surface area contributed by atoms with Gasteiger partial charge >= 0.3 is 5.97 Å². The maximum atomic E-state index is 11.8. The van der Waals surface area contributed by atoms with E-state index in [2.05, 4.69) is 4.98 Å². The molecule has 0 saturated heterocycles. The molecule has 1 heterocycles. The van der Waals surface area contributed by atoms with Crippen LogP contribution in [-0.4, -0.2) is 18.1 Å². The van der Waals surface area contributed by atoms with Gasteiger partial charge in [0.05, 0.1) is 23.3 Å². The van der Waals surface area contributed by atoms with E-state index in [4.69, 9.17) is 20.8 Å². The molecule has 20 heavy (non-hydrogen) atoms. The van der Waals surface area contributed by atoms with Gasteiger partial charge in [0, 0.05) is 0 Å². The SMILES string of the molecule is COC(=O)c1ccccc1-c1nc2cccc(Cl)c2o1. The second-order valence-electron chi connectivity index (χ2n) is 4.14. The summed E-state index contributed by atoms with van der Waals surface area (Å²) in [5, 5.41) is 0.483. The molecule has 0 radical (unpaired) electrons. The summed E-state index contributed by atoms with van der Waals surface area (Å²) in [6, 6.07) is 12.3. The smallest absolute Gasteiger partial charge is 0.338 e. The molecule has 0 fully saturated rings. The van der Waals surface area contributed by atoms with Gasteiger partial charge in [0.25, 0.3) is 0 Å². The summed E-state index contributed by atoms with van der Waals surface area (Å²) in [4.78, 5) is 16.1. The lowest BCUT2D eigenvalue weighted by atomic mass is 10.1. The molecule has 0 aliphatic rings. The maximum Gasteiger partial charge on any atom is 0.338 e. The lowest BCUT2D eigenvalue weighted by Crippen LogP contribution is -2.03. The zero-order chi connectivity index (χ0) is 14.1. The van der Waals surface area contributed by atoms with E-state index in [1.807, 2.05) is 0 Å². The average Bonchev–Trinajstić information content (AvgIpc) is 2.92. The van der Waals surface area contributed by atoms with Gasteiger partial charge in [-0.1, -0.05) is 29.8 Å². The van der Waals surface area contributed by atoms with E-state index in [-0.39, 0.29) is 0 Å². The molecule has 5 heteroatoms. The first-order valence-corrected chi connectivity index (χ1v) is 6.31. The fourth-order valence-electron chi connectivity index (χ4n) is 1.99. The van der Waals surface area contributed by atoms with Crippen molar-refractivity contribution in [1.82, 2.24) is 4.98 Å². The number of hydrogen-bond donors (Lipinski definition) is 0. The number of esters is 1. The first-order valence-electron chi connectivity index (χ1n) is 5.93. The number of nitrogens with zero attached hydrogens (tertiary/aromatic N) is 1. The quantitative estimate of drug-likeness (QED) is 0.670. The number of rotatable bonds is 2. The number of hydrogen-bond acceptors (Lipinski definition) is 4. The summed E-state index contributed by atoms with van der Waals surface area (Å²) in [5.41, 5.74) is 2.13. The first kappa shape index (κ1) is 12.7. The highest BCUT2D eigenvalue weighted by atomic mass is 35.5. The van der Waals surface area contributed by atoms with Crippen LogP contribution in [0.15, 0.2) is 46.9 Å². The van der Waals surface area contributed by atoms with Gasteiger partial charge < -0.3 is 9.15 Å². The number of para-hydroxylation sites is 1. The number of oxazole rings is 1. The van der Waals surface area contributed by atoms with Gasteiger partial charge in [-0.25, -0.2) is 9.78 Å². The van der Waals surface area contributed by atoms with Crippen molar-refractivity contribution in [2.24, 2.45) is 0 Å². The van der Waals surface area contributed by atoms with Crippen molar-refractivity contribution in [3.05, 3.63) is 53.1 Å². The lowest BCUT2D eigenvalue weighted by Gasteiger charge is -2.03. The van der Waals surface area contributed by atoms with Crippen LogP contribution < -0.4 is 0 Å². The molecule has 0 unspecified atom stereocenters. The molecule has 3 rings (SSSR count). The van der Waals surface area contributed by atoms with Crippen LogP contribution in [0, 0.1) is 0 Å². The zero-order valence-electron chi connectivity index (χ0n) is 10.6. The highest BCUT2D eigenvalue weighted by Crippen LogP contribution is 2.30. The van der Waals surface area contributed by atoms with Crippen LogP contribution in [0.5, 0.6) is 0 Å². The van der Waals surface area contributed by atoms with Crippen molar-refractivity contribution in [2.45, 2.75) is 0 Å². The van der Waals surface area contributed by atoms with Crippen molar-refractivity contribution in [3.8, 4) is 11.5 Å². The van der Waals surface area contributed by atoms with Gasteiger partial charge in [-0.15, -0.1) is 0 Å². The molecular weight excluding hydrogens is 278 g/mol. The van der Waals surface area contributed by atoms with E-state index < -0.39 is 5.97 Å². The molecule has 4 nitrogen and oxygen atoms in total. The number of aromatic nitrogens is 1. The van der Waals surface area contributed by atoms with Crippen LogP contribution in [0.3, 0.4) is 0 Å². The van der Waals surface area contributed by atoms with Crippen molar-refractivity contribution >= 4 is 28.7 Å². The molecule has 2 aromatic carbocycles. The minimum absolute atomic E-state index is 0.342. The van der Waals surface area contributed by atoms with Gasteiger partial charge in [-0.05, 0) is 24.3 Å². The molecule has 0 N–H and O–H groups in total. The van der Waals surface area contributed by atoms with Crippen LogP contribution in [0.4, 0.5) is 0 Å². The molecule has 3 aromatic rings. The molecule has 0 saturated carbocycles. The Balaban J connectivity index is 2.21. The largest absolute Gasteiger partial charge is 0.465 e. The monoisotopic (exact) mass is 287 g/mol. The Bertz CT molecular complexity index is 795. The summed E-state index contributed by atoms with van der Waals surface area (Å²) in [6.45, 7) is 0. The number of fused-ring (bicyclic) bond motifs is 1. The van der Waals surface area contributed by atoms with E-state index in [0.29, 0.717) is 33.1 Å². The Morgan fingerprint density at radius 1 is 1.20 bits per heavy atom.